The van der Waals surface area contributed by atoms with Crippen molar-refractivity contribution in [2.45, 2.75) is 13.8 Å². The molecule has 0 fully saturated rings. The van der Waals surface area contributed by atoms with Crippen molar-refractivity contribution in [1.82, 2.24) is 0 Å². The quantitative estimate of drug-likeness (QED) is 0.890. The van der Waals surface area contributed by atoms with Crippen LogP contribution in [0.4, 0.5) is 5.69 Å². The molecule has 0 bridgehead atoms. The summed E-state index contributed by atoms with van der Waals surface area (Å²) >= 11 is 0. The summed E-state index contributed by atoms with van der Waals surface area (Å²) in [6.45, 7) is 4.39. The van der Waals surface area contributed by atoms with Gasteiger partial charge in [-0.05, 0) is 61.9 Å². The van der Waals surface area contributed by atoms with Gasteiger partial charge >= 0.3 is 0 Å². The van der Waals surface area contributed by atoms with Gasteiger partial charge in [-0.1, -0.05) is 0 Å². The SMILES string of the molecule is CCOc1ccc(C(=O)Nc2ccc(C(N)=O)cc2)cc1C. The van der Waals surface area contributed by atoms with Crippen molar-refractivity contribution >= 4 is 17.5 Å². The van der Waals surface area contributed by atoms with Crippen LogP contribution in [0.25, 0.3) is 0 Å². The fraction of sp³-hybridized carbons (Fsp3) is 0.176. The first-order chi connectivity index (χ1) is 10.5. The van der Waals surface area contributed by atoms with Gasteiger partial charge in [-0.15, -0.1) is 0 Å². The van der Waals surface area contributed by atoms with Crippen LogP contribution in [-0.2, 0) is 0 Å². The highest BCUT2D eigenvalue weighted by atomic mass is 16.5. The number of nitrogens with two attached hydrogens (primary N) is 1. The molecule has 0 aliphatic rings. The highest BCUT2D eigenvalue weighted by Crippen LogP contribution is 2.20. The molecule has 0 radical (unpaired) electrons. The molecule has 0 aliphatic carbocycles. The number of hydrogen-bond donors (Lipinski definition) is 2. The van der Waals surface area contributed by atoms with E-state index in [0.717, 1.165) is 11.3 Å². The zero-order valence-corrected chi connectivity index (χ0v) is 12.6. The minimum Gasteiger partial charge on any atom is -0.494 e. The first-order valence-electron chi connectivity index (χ1n) is 6.96. The lowest BCUT2D eigenvalue weighted by atomic mass is 10.1. The molecule has 114 valence electrons. The van der Waals surface area contributed by atoms with Crippen molar-refractivity contribution in [3.8, 4) is 5.75 Å². The van der Waals surface area contributed by atoms with Crippen molar-refractivity contribution in [3.63, 3.8) is 0 Å². The van der Waals surface area contributed by atoms with Gasteiger partial charge in [-0.25, -0.2) is 0 Å². The fourth-order valence-corrected chi connectivity index (χ4v) is 2.03. The topological polar surface area (TPSA) is 81.4 Å². The summed E-state index contributed by atoms with van der Waals surface area (Å²) in [6, 6.07) is 11.7. The monoisotopic (exact) mass is 298 g/mol. The molecule has 0 heterocycles. The predicted octanol–water partition coefficient (Wildman–Crippen LogP) is 2.74. The van der Waals surface area contributed by atoms with E-state index < -0.39 is 5.91 Å². The summed E-state index contributed by atoms with van der Waals surface area (Å²) in [5.41, 5.74) is 7.61. The number of carbonyl (C=O) groups is 2. The van der Waals surface area contributed by atoms with Crippen molar-refractivity contribution in [1.29, 1.82) is 0 Å². The van der Waals surface area contributed by atoms with E-state index in [1.807, 2.05) is 13.8 Å². The number of primary amides is 1. The van der Waals surface area contributed by atoms with Crippen molar-refractivity contribution in [3.05, 3.63) is 59.2 Å². The van der Waals surface area contributed by atoms with Gasteiger partial charge in [0.05, 0.1) is 6.61 Å². The molecule has 0 atom stereocenters. The Labute approximate surface area is 129 Å². The van der Waals surface area contributed by atoms with Crippen LogP contribution in [-0.4, -0.2) is 18.4 Å². The number of amides is 2. The molecule has 2 aromatic carbocycles. The first kappa shape index (κ1) is 15.6. The Balaban J connectivity index is 2.11. The summed E-state index contributed by atoms with van der Waals surface area (Å²) in [5.74, 6) is 0.0443. The standard InChI is InChI=1S/C17H18N2O3/c1-3-22-15-9-6-13(10-11(15)2)17(21)19-14-7-4-12(5-8-14)16(18)20/h4-10H,3H2,1-2H3,(H2,18,20)(H,19,21). The number of anilines is 1. The smallest absolute Gasteiger partial charge is 0.255 e. The Hall–Kier alpha value is -2.82. The second kappa shape index (κ2) is 6.76. The second-order valence-corrected chi connectivity index (χ2v) is 4.81. The largest absolute Gasteiger partial charge is 0.494 e. The molecular formula is C17H18N2O3. The van der Waals surface area contributed by atoms with Crippen LogP contribution in [0, 0.1) is 6.92 Å². The Bertz CT molecular complexity index is 694. The maximum Gasteiger partial charge on any atom is 0.255 e. The van der Waals surface area contributed by atoms with E-state index in [-0.39, 0.29) is 5.91 Å². The summed E-state index contributed by atoms with van der Waals surface area (Å²) in [6.07, 6.45) is 0. The third-order valence-electron chi connectivity index (χ3n) is 3.16. The molecule has 3 N–H and O–H groups in total. The van der Waals surface area contributed by atoms with Gasteiger partial charge in [0, 0.05) is 16.8 Å². The van der Waals surface area contributed by atoms with Gasteiger partial charge in [-0.3, -0.25) is 9.59 Å². The van der Waals surface area contributed by atoms with Crippen LogP contribution in [0.2, 0.25) is 0 Å². The minimum absolute atomic E-state index is 0.224. The van der Waals surface area contributed by atoms with E-state index in [9.17, 15) is 9.59 Å². The minimum atomic E-state index is -0.500. The Morgan fingerprint density at radius 2 is 1.73 bits per heavy atom. The molecule has 0 spiro atoms. The van der Waals surface area contributed by atoms with Gasteiger partial charge < -0.3 is 15.8 Å². The van der Waals surface area contributed by atoms with Gasteiger partial charge in [0.2, 0.25) is 5.91 Å². The third kappa shape index (κ3) is 3.63. The molecule has 0 saturated carbocycles. The molecule has 22 heavy (non-hydrogen) atoms. The number of benzene rings is 2. The van der Waals surface area contributed by atoms with E-state index in [2.05, 4.69) is 5.32 Å². The maximum absolute atomic E-state index is 12.2. The third-order valence-corrected chi connectivity index (χ3v) is 3.16. The molecule has 5 heteroatoms. The Kier molecular flexibility index (Phi) is 4.78. The van der Waals surface area contributed by atoms with Crippen molar-refractivity contribution in [2.24, 2.45) is 5.73 Å². The molecule has 2 amide bonds. The zero-order valence-electron chi connectivity index (χ0n) is 12.6. The molecule has 2 rings (SSSR count). The summed E-state index contributed by atoms with van der Waals surface area (Å²) in [4.78, 5) is 23.2. The normalized spacial score (nSPS) is 10.1. The zero-order chi connectivity index (χ0) is 16.1. The number of hydrogen-bond acceptors (Lipinski definition) is 3. The van der Waals surface area contributed by atoms with Crippen molar-refractivity contribution < 1.29 is 14.3 Å². The van der Waals surface area contributed by atoms with Crippen molar-refractivity contribution in [2.75, 3.05) is 11.9 Å². The Morgan fingerprint density at radius 1 is 1.09 bits per heavy atom. The molecule has 0 aliphatic heterocycles. The van der Waals surface area contributed by atoms with Gasteiger partial charge in [0.15, 0.2) is 0 Å². The number of nitrogens with one attached hydrogen (secondary N) is 1. The van der Waals surface area contributed by atoms with E-state index >= 15 is 0 Å². The van der Waals surface area contributed by atoms with Crippen LogP contribution in [0.3, 0.4) is 0 Å². The summed E-state index contributed by atoms with van der Waals surface area (Å²) in [5, 5.41) is 2.77. The van der Waals surface area contributed by atoms with Gasteiger partial charge in [-0.2, -0.15) is 0 Å². The predicted molar refractivity (Wildman–Crippen MR) is 85.3 cm³/mol. The van der Waals surface area contributed by atoms with Crippen LogP contribution >= 0.6 is 0 Å². The lowest BCUT2D eigenvalue weighted by Crippen LogP contribution is -2.13. The number of aryl methyl sites for hydroxylation is 1. The fourth-order valence-electron chi connectivity index (χ4n) is 2.03. The number of carbonyl (C=O) groups excluding carboxylic acids is 2. The van der Waals surface area contributed by atoms with Crippen LogP contribution in [0.1, 0.15) is 33.2 Å². The molecule has 0 saturated heterocycles. The second-order valence-electron chi connectivity index (χ2n) is 4.81. The molecule has 2 aromatic rings. The van der Waals surface area contributed by atoms with Crippen LogP contribution < -0.4 is 15.8 Å². The number of ether oxygens (including phenoxy) is 1. The van der Waals surface area contributed by atoms with Crippen LogP contribution in [0.5, 0.6) is 5.75 Å². The highest BCUT2D eigenvalue weighted by Gasteiger charge is 2.09. The van der Waals surface area contributed by atoms with Gasteiger partial charge in [0.25, 0.3) is 5.91 Å². The summed E-state index contributed by atoms with van der Waals surface area (Å²) in [7, 11) is 0. The summed E-state index contributed by atoms with van der Waals surface area (Å²) < 4.78 is 5.45. The lowest BCUT2D eigenvalue weighted by molar-refractivity contribution is 0.0998. The average Bonchev–Trinajstić information content (AvgIpc) is 2.50. The first-order valence-corrected chi connectivity index (χ1v) is 6.96. The highest BCUT2D eigenvalue weighted by molar-refractivity contribution is 6.04. The maximum atomic E-state index is 12.2. The van der Waals surface area contributed by atoms with Crippen LogP contribution in [0.15, 0.2) is 42.5 Å². The average molecular weight is 298 g/mol. The molecule has 0 aromatic heterocycles. The van der Waals surface area contributed by atoms with E-state index in [0.29, 0.717) is 23.4 Å². The van der Waals surface area contributed by atoms with E-state index in [4.69, 9.17) is 10.5 Å². The van der Waals surface area contributed by atoms with E-state index in [1.54, 1.807) is 42.5 Å². The molecule has 0 unspecified atom stereocenters. The Morgan fingerprint density at radius 3 is 2.27 bits per heavy atom. The lowest BCUT2D eigenvalue weighted by Gasteiger charge is -2.10. The van der Waals surface area contributed by atoms with Gasteiger partial charge in [0.1, 0.15) is 5.75 Å². The molecule has 5 nitrogen and oxygen atoms in total. The number of rotatable bonds is 5. The molecular weight excluding hydrogens is 280 g/mol. The van der Waals surface area contributed by atoms with E-state index in [1.165, 1.54) is 0 Å².